The van der Waals surface area contributed by atoms with Crippen molar-refractivity contribution in [2.75, 3.05) is 0 Å². The second-order valence-electron chi connectivity index (χ2n) is 6.03. The van der Waals surface area contributed by atoms with Crippen molar-refractivity contribution >= 4 is 6.08 Å². The summed E-state index contributed by atoms with van der Waals surface area (Å²) < 4.78 is 0. The van der Waals surface area contributed by atoms with Crippen LogP contribution < -0.4 is 0 Å². The van der Waals surface area contributed by atoms with Gasteiger partial charge in [-0.3, -0.25) is 0 Å². The Hall–Kier alpha value is -1.82. The number of fused-ring (bicyclic) bond motifs is 1. The van der Waals surface area contributed by atoms with Crippen molar-refractivity contribution < 1.29 is 0 Å². The van der Waals surface area contributed by atoms with E-state index in [0.717, 1.165) is 6.42 Å². The molecule has 0 aliphatic heterocycles. The lowest BCUT2D eigenvalue weighted by atomic mass is 9.97. The first-order valence-corrected chi connectivity index (χ1v) is 8.25. The van der Waals surface area contributed by atoms with E-state index >= 15 is 0 Å². The molecule has 0 aromatic heterocycles. The summed E-state index contributed by atoms with van der Waals surface area (Å²) in [6.45, 7) is 2.27. The van der Waals surface area contributed by atoms with Gasteiger partial charge >= 0.3 is 0 Å². The molecule has 21 heavy (non-hydrogen) atoms. The quantitative estimate of drug-likeness (QED) is 0.546. The van der Waals surface area contributed by atoms with Gasteiger partial charge in [-0.2, -0.15) is 0 Å². The number of benzene rings is 2. The molecule has 3 rings (SSSR count). The molecule has 0 heteroatoms. The molecule has 108 valence electrons. The van der Waals surface area contributed by atoms with Crippen molar-refractivity contribution in [3.05, 3.63) is 65.2 Å². The standard InChI is InChI=1S/C21H24/c1-2-3-4-6-10-17-15-19-13-9-14-20(21(19)16-17)18-11-7-5-8-12-18/h5,7-9,11-14,16H,2-4,6,10,15H2,1H3. The van der Waals surface area contributed by atoms with Gasteiger partial charge in [0.2, 0.25) is 0 Å². The van der Waals surface area contributed by atoms with Gasteiger partial charge < -0.3 is 0 Å². The molecule has 2 aromatic carbocycles. The second-order valence-corrected chi connectivity index (χ2v) is 6.03. The molecule has 1 aliphatic rings. The molecule has 0 fully saturated rings. The lowest BCUT2D eigenvalue weighted by molar-refractivity contribution is 0.662. The Balaban J connectivity index is 1.79. The van der Waals surface area contributed by atoms with E-state index in [-0.39, 0.29) is 0 Å². The van der Waals surface area contributed by atoms with Crippen LogP contribution >= 0.6 is 0 Å². The molecule has 0 N–H and O–H groups in total. The van der Waals surface area contributed by atoms with Crippen molar-refractivity contribution in [3.8, 4) is 11.1 Å². The van der Waals surface area contributed by atoms with Crippen molar-refractivity contribution in [1.82, 2.24) is 0 Å². The maximum atomic E-state index is 2.45. The molecule has 0 saturated heterocycles. The third-order valence-electron chi connectivity index (χ3n) is 4.40. The third kappa shape index (κ3) is 3.26. The van der Waals surface area contributed by atoms with Crippen molar-refractivity contribution in [3.63, 3.8) is 0 Å². The van der Waals surface area contributed by atoms with Crippen LogP contribution in [0.2, 0.25) is 0 Å². The van der Waals surface area contributed by atoms with Gasteiger partial charge in [-0.1, -0.05) is 86.4 Å². The zero-order valence-electron chi connectivity index (χ0n) is 12.9. The lowest BCUT2D eigenvalue weighted by Crippen LogP contribution is -1.88. The smallest absolute Gasteiger partial charge is 0.00576 e. The van der Waals surface area contributed by atoms with Crippen LogP contribution in [0.5, 0.6) is 0 Å². The molecule has 1 aliphatic carbocycles. The summed E-state index contributed by atoms with van der Waals surface area (Å²) in [5.41, 5.74) is 7.29. The predicted molar refractivity (Wildman–Crippen MR) is 92.3 cm³/mol. The first-order valence-electron chi connectivity index (χ1n) is 8.25. The highest BCUT2D eigenvalue weighted by atomic mass is 14.2. The monoisotopic (exact) mass is 276 g/mol. The molecule has 2 aromatic rings. The van der Waals surface area contributed by atoms with Gasteiger partial charge in [-0.15, -0.1) is 0 Å². The van der Waals surface area contributed by atoms with E-state index in [2.05, 4.69) is 61.5 Å². The Kier molecular flexibility index (Phi) is 4.55. The molecule has 0 radical (unpaired) electrons. The number of hydrogen-bond acceptors (Lipinski definition) is 0. The minimum Gasteiger partial charge on any atom is -0.0654 e. The van der Waals surface area contributed by atoms with Crippen LogP contribution in [0.25, 0.3) is 17.2 Å². The maximum Gasteiger partial charge on any atom is -0.00576 e. The molecular weight excluding hydrogens is 252 g/mol. The fourth-order valence-electron chi connectivity index (χ4n) is 3.25. The minimum atomic E-state index is 1.15. The number of rotatable bonds is 6. The summed E-state index contributed by atoms with van der Waals surface area (Å²) in [6, 6.07) is 17.5. The molecule has 0 unspecified atom stereocenters. The normalized spacial score (nSPS) is 13.1. The largest absolute Gasteiger partial charge is 0.0654 e. The van der Waals surface area contributed by atoms with Gasteiger partial charge in [0.15, 0.2) is 0 Å². The SMILES string of the molecule is CCCCCCC1=Cc2c(cccc2-c2ccccc2)C1. The van der Waals surface area contributed by atoms with Gasteiger partial charge in [0.1, 0.15) is 0 Å². The molecule has 0 amide bonds. The Morgan fingerprint density at radius 1 is 0.857 bits per heavy atom. The fraction of sp³-hybridized carbons (Fsp3) is 0.333. The minimum absolute atomic E-state index is 1.15. The number of hydrogen-bond donors (Lipinski definition) is 0. The Morgan fingerprint density at radius 2 is 1.71 bits per heavy atom. The average molecular weight is 276 g/mol. The molecule has 0 atom stereocenters. The van der Waals surface area contributed by atoms with Crippen molar-refractivity contribution in [1.29, 1.82) is 0 Å². The zero-order valence-corrected chi connectivity index (χ0v) is 12.9. The van der Waals surface area contributed by atoms with Crippen LogP contribution in [0.4, 0.5) is 0 Å². The number of allylic oxidation sites excluding steroid dienone is 1. The maximum absolute atomic E-state index is 2.45. The Labute approximate surface area is 128 Å². The van der Waals surface area contributed by atoms with E-state index in [4.69, 9.17) is 0 Å². The highest BCUT2D eigenvalue weighted by Gasteiger charge is 2.15. The molecule has 0 nitrogen and oxygen atoms in total. The molecule has 0 saturated carbocycles. The second kappa shape index (κ2) is 6.76. The predicted octanol–water partition coefficient (Wildman–Crippen LogP) is 6.26. The van der Waals surface area contributed by atoms with Gasteiger partial charge in [-0.05, 0) is 41.5 Å². The summed E-state index contributed by atoms with van der Waals surface area (Å²) >= 11 is 0. The van der Waals surface area contributed by atoms with Crippen LogP contribution in [0.3, 0.4) is 0 Å². The van der Waals surface area contributed by atoms with E-state index in [0.29, 0.717) is 0 Å². The summed E-state index contributed by atoms with van der Waals surface area (Å²) in [5, 5.41) is 0. The molecule has 0 bridgehead atoms. The fourth-order valence-corrected chi connectivity index (χ4v) is 3.25. The van der Waals surface area contributed by atoms with E-state index in [1.54, 1.807) is 5.57 Å². The van der Waals surface area contributed by atoms with Crippen molar-refractivity contribution in [2.45, 2.75) is 45.4 Å². The zero-order chi connectivity index (χ0) is 14.5. The van der Waals surface area contributed by atoms with E-state index in [9.17, 15) is 0 Å². The topological polar surface area (TPSA) is 0 Å². The summed E-state index contributed by atoms with van der Waals surface area (Å²) in [7, 11) is 0. The Morgan fingerprint density at radius 3 is 2.52 bits per heavy atom. The Bertz CT molecular complexity index is 620. The van der Waals surface area contributed by atoms with Crippen LogP contribution in [-0.4, -0.2) is 0 Å². The molecular formula is C21H24. The van der Waals surface area contributed by atoms with Gasteiger partial charge in [0, 0.05) is 0 Å². The highest BCUT2D eigenvalue weighted by Crippen LogP contribution is 2.35. The van der Waals surface area contributed by atoms with Crippen molar-refractivity contribution in [2.24, 2.45) is 0 Å². The van der Waals surface area contributed by atoms with Gasteiger partial charge in [0.05, 0.1) is 0 Å². The van der Waals surface area contributed by atoms with E-state index in [1.807, 2.05) is 0 Å². The first-order chi connectivity index (χ1) is 10.4. The number of unbranched alkanes of at least 4 members (excludes halogenated alkanes) is 3. The van der Waals surface area contributed by atoms with Gasteiger partial charge in [0.25, 0.3) is 0 Å². The molecule has 0 spiro atoms. The van der Waals surface area contributed by atoms with E-state index < -0.39 is 0 Å². The summed E-state index contributed by atoms with van der Waals surface area (Å²) in [5.74, 6) is 0. The first kappa shape index (κ1) is 14.1. The van der Waals surface area contributed by atoms with Crippen LogP contribution in [0, 0.1) is 0 Å². The summed E-state index contributed by atoms with van der Waals surface area (Å²) in [4.78, 5) is 0. The van der Waals surface area contributed by atoms with Crippen LogP contribution in [-0.2, 0) is 6.42 Å². The highest BCUT2D eigenvalue weighted by molar-refractivity contribution is 5.80. The van der Waals surface area contributed by atoms with Gasteiger partial charge in [-0.25, -0.2) is 0 Å². The third-order valence-corrected chi connectivity index (χ3v) is 4.40. The van der Waals surface area contributed by atoms with Crippen LogP contribution in [0.1, 0.15) is 50.2 Å². The van der Waals surface area contributed by atoms with E-state index in [1.165, 1.54) is 54.4 Å². The summed E-state index contributed by atoms with van der Waals surface area (Å²) in [6.07, 6.45) is 10.3. The lowest BCUT2D eigenvalue weighted by Gasteiger charge is -2.07. The average Bonchev–Trinajstić information content (AvgIpc) is 2.95. The molecule has 0 heterocycles. The van der Waals surface area contributed by atoms with Crippen LogP contribution in [0.15, 0.2) is 54.1 Å².